The molecule has 2 aromatic rings. The van der Waals surface area contributed by atoms with E-state index in [1.54, 1.807) is 4.90 Å². The average Bonchev–Trinajstić information content (AvgIpc) is 3.43. The molecule has 1 fully saturated rings. The van der Waals surface area contributed by atoms with Crippen molar-refractivity contribution in [2.45, 2.75) is 44.2 Å². The summed E-state index contributed by atoms with van der Waals surface area (Å²) < 4.78 is 10.8. The Morgan fingerprint density at radius 2 is 1.69 bits per heavy atom. The van der Waals surface area contributed by atoms with E-state index in [2.05, 4.69) is 29.6 Å². The summed E-state index contributed by atoms with van der Waals surface area (Å²) in [7, 11) is 1.46. The van der Waals surface area contributed by atoms with Crippen LogP contribution < -0.4 is 5.32 Å². The number of amides is 2. The number of hydrogen-bond donors (Lipinski definition) is 2. The number of ether oxygens (including phenoxy) is 2. The van der Waals surface area contributed by atoms with Gasteiger partial charge < -0.3 is 24.8 Å². The van der Waals surface area contributed by atoms with Crippen molar-refractivity contribution < 1.29 is 29.0 Å². The van der Waals surface area contributed by atoms with Crippen molar-refractivity contribution in [3.63, 3.8) is 0 Å². The molecule has 8 nitrogen and oxygen atoms in total. The van der Waals surface area contributed by atoms with Gasteiger partial charge in [0, 0.05) is 38.6 Å². The Bertz CT molecular complexity index is 1040. The lowest BCUT2D eigenvalue weighted by atomic mass is 9.98. The molecule has 1 heterocycles. The highest BCUT2D eigenvalue weighted by molar-refractivity contribution is 5.80. The third-order valence-electron chi connectivity index (χ3n) is 6.97. The maximum Gasteiger partial charge on any atom is 0.407 e. The van der Waals surface area contributed by atoms with Crippen LogP contribution in [0.1, 0.15) is 43.2 Å². The highest BCUT2D eigenvalue weighted by Gasteiger charge is 2.39. The summed E-state index contributed by atoms with van der Waals surface area (Å²) in [5.41, 5.74) is 4.69. The lowest BCUT2D eigenvalue weighted by molar-refractivity contribution is -0.144. The van der Waals surface area contributed by atoms with Gasteiger partial charge in [0.05, 0.1) is 6.10 Å². The fourth-order valence-electron chi connectivity index (χ4n) is 5.08. The number of alkyl carbamates (subject to hydrolysis) is 1. The Morgan fingerprint density at radius 3 is 2.26 bits per heavy atom. The van der Waals surface area contributed by atoms with Gasteiger partial charge in [-0.3, -0.25) is 9.59 Å². The van der Waals surface area contributed by atoms with Crippen molar-refractivity contribution in [3.8, 4) is 11.1 Å². The summed E-state index contributed by atoms with van der Waals surface area (Å²) in [5.74, 6) is -1.73. The number of likely N-dealkylation sites (tertiary alicyclic amines) is 1. The highest BCUT2D eigenvalue weighted by atomic mass is 16.5. The van der Waals surface area contributed by atoms with Crippen LogP contribution in [0.5, 0.6) is 0 Å². The number of carboxylic acids is 1. The minimum atomic E-state index is -0.951. The normalized spacial score (nSPS) is 19.7. The molecular weight excluding hydrogens is 448 g/mol. The van der Waals surface area contributed by atoms with E-state index in [1.165, 1.54) is 18.2 Å². The van der Waals surface area contributed by atoms with E-state index in [4.69, 9.17) is 9.47 Å². The zero-order valence-corrected chi connectivity index (χ0v) is 20.1. The number of benzene rings is 2. The van der Waals surface area contributed by atoms with Crippen LogP contribution >= 0.6 is 0 Å². The highest BCUT2D eigenvalue weighted by Crippen LogP contribution is 2.44. The topological polar surface area (TPSA) is 105 Å². The van der Waals surface area contributed by atoms with E-state index >= 15 is 0 Å². The lowest BCUT2D eigenvalue weighted by Crippen LogP contribution is -2.34. The van der Waals surface area contributed by atoms with E-state index in [1.807, 2.05) is 31.2 Å². The Morgan fingerprint density at radius 1 is 1.06 bits per heavy atom. The number of nitrogens with zero attached hydrogens (tertiary/aromatic N) is 1. The van der Waals surface area contributed by atoms with Crippen molar-refractivity contribution in [2.75, 3.05) is 26.8 Å². The fourth-order valence-corrected chi connectivity index (χ4v) is 5.08. The number of nitrogens with one attached hydrogen (secondary N) is 1. The van der Waals surface area contributed by atoms with Gasteiger partial charge in [-0.25, -0.2) is 4.79 Å². The molecule has 1 aliphatic carbocycles. The van der Waals surface area contributed by atoms with Gasteiger partial charge in [-0.05, 0) is 42.0 Å². The van der Waals surface area contributed by atoms with E-state index in [0.29, 0.717) is 25.8 Å². The fraction of sp³-hybridized carbons (Fsp3) is 0.444. The molecule has 0 radical (unpaired) electrons. The van der Waals surface area contributed by atoms with Crippen molar-refractivity contribution in [1.82, 2.24) is 10.2 Å². The summed E-state index contributed by atoms with van der Waals surface area (Å²) in [6, 6.07) is 16.2. The maximum absolute atomic E-state index is 12.5. The van der Waals surface area contributed by atoms with Crippen molar-refractivity contribution >= 4 is 18.0 Å². The molecule has 0 saturated carbocycles. The first-order valence-corrected chi connectivity index (χ1v) is 12.0. The first-order chi connectivity index (χ1) is 16.9. The van der Waals surface area contributed by atoms with Crippen LogP contribution in [0.3, 0.4) is 0 Å². The summed E-state index contributed by atoms with van der Waals surface area (Å²) >= 11 is 0. The predicted molar refractivity (Wildman–Crippen MR) is 130 cm³/mol. The van der Waals surface area contributed by atoms with Crippen LogP contribution in [0.2, 0.25) is 0 Å². The van der Waals surface area contributed by atoms with Gasteiger partial charge in [0.1, 0.15) is 12.5 Å². The molecule has 2 aliphatic rings. The summed E-state index contributed by atoms with van der Waals surface area (Å²) in [4.78, 5) is 37.8. The smallest absolute Gasteiger partial charge is 0.407 e. The van der Waals surface area contributed by atoms with Crippen LogP contribution in [0.15, 0.2) is 48.5 Å². The van der Waals surface area contributed by atoms with Gasteiger partial charge in [-0.2, -0.15) is 0 Å². The largest absolute Gasteiger partial charge is 0.481 e. The molecule has 3 unspecified atom stereocenters. The second-order valence-electron chi connectivity index (χ2n) is 9.28. The van der Waals surface area contributed by atoms with Crippen molar-refractivity contribution in [1.29, 1.82) is 0 Å². The van der Waals surface area contributed by atoms with Gasteiger partial charge in [-0.15, -0.1) is 0 Å². The molecule has 2 amide bonds. The van der Waals surface area contributed by atoms with Crippen LogP contribution in [-0.4, -0.2) is 66.9 Å². The maximum atomic E-state index is 12.5. The van der Waals surface area contributed by atoms with E-state index < -0.39 is 24.1 Å². The standard InChI is InChI=1S/C27H32N2O6/c1-17(8-7-13-25(30)29-14-22(26(31)32)24(15-29)34-2)28-27(33)35-16-23-20-11-5-3-9-18(20)19-10-4-6-12-21(19)23/h3-6,9-12,17,22-24H,7-8,13-16H2,1-2H3,(H,28,33)(H,31,32). The Labute approximate surface area is 205 Å². The van der Waals surface area contributed by atoms with Crippen LogP contribution in [0, 0.1) is 5.92 Å². The number of methoxy groups -OCH3 is 1. The van der Waals surface area contributed by atoms with E-state index in [9.17, 15) is 19.5 Å². The molecule has 1 saturated heterocycles. The Kier molecular flexibility index (Phi) is 7.70. The molecule has 2 N–H and O–H groups in total. The molecule has 1 aliphatic heterocycles. The van der Waals surface area contributed by atoms with Crippen LogP contribution in [-0.2, 0) is 19.1 Å². The predicted octanol–water partition coefficient (Wildman–Crippen LogP) is 3.64. The number of fused-ring (bicyclic) bond motifs is 3. The van der Waals surface area contributed by atoms with Gasteiger partial charge in [0.2, 0.25) is 5.91 Å². The Hall–Kier alpha value is -3.39. The number of carbonyl (C=O) groups excluding carboxylic acids is 2. The Balaban J connectivity index is 1.21. The monoisotopic (exact) mass is 480 g/mol. The van der Waals surface area contributed by atoms with Gasteiger partial charge >= 0.3 is 12.1 Å². The summed E-state index contributed by atoms with van der Waals surface area (Å²) in [6.07, 6.45) is 0.526. The molecule has 0 aromatic heterocycles. The summed E-state index contributed by atoms with van der Waals surface area (Å²) in [6.45, 7) is 2.59. The first-order valence-electron chi connectivity index (χ1n) is 12.0. The average molecular weight is 481 g/mol. The number of carboxylic acid groups (broad SMARTS) is 1. The molecule has 0 bridgehead atoms. The molecule has 3 atom stereocenters. The number of carbonyl (C=O) groups is 3. The minimum Gasteiger partial charge on any atom is -0.481 e. The van der Waals surface area contributed by atoms with Crippen molar-refractivity contribution in [3.05, 3.63) is 59.7 Å². The molecule has 186 valence electrons. The molecular formula is C27H32N2O6. The second kappa shape index (κ2) is 10.9. The van der Waals surface area contributed by atoms with Gasteiger partial charge in [0.15, 0.2) is 0 Å². The molecule has 0 spiro atoms. The molecule has 8 heteroatoms. The van der Waals surface area contributed by atoms with Crippen LogP contribution in [0.25, 0.3) is 11.1 Å². The minimum absolute atomic E-state index is 0.00657. The molecule has 2 aromatic carbocycles. The van der Waals surface area contributed by atoms with E-state index in [0.717, 1.165) is 11.1 Å². The number of rotatable bonds is 9. The zero-order valence-electron chi connectivity index (χ0n) is 20.1. The molecule has 35 heavy (non-hydrogen) atoms. The number of aliphatic carboxylic acids is 1. The third kappa shape index (κ3) is 5.48. The first kappa shape index (κ1) is 24.7. The number of hydrogen-bond acceptors (Lipinski definition) is 5. The van der Waals surface area contributed by atoms with Crippen LogP contribution in [0.4, 0.5) is 4.79 Å². The van der Waals surface area contributed by atoms with Crippen molar-refractivity contribution in [2.24, 2.45) is 5.92 Å². The lowest BCUT2D eigenvalue weighted by Gasteiger charge is -2.18. The SMILES string of the molecule is COC1CN(C(=O)CCCC(C)NC(=O)OCC2c3ccccc3-c3ccccc32)CC1C(=O)O. The van der Waals surface area contributed by atoms with Gasteiger partial charge in [0.25, 0.3) is 0 Å². The molecule has 4 rings (SSSR count). The zero-order chi connectivity index (χ0) is 24.9. The summed E-state index contributed by atoms with van der Waals surface area (Å²) in [5, 5.41) is 12.1. The quantitative estimate of drug-likeness (QED) is 0.568. The van der Waals surface area contributed by atoms with E-state index in [-0.39, 0.29) is 31.0 Å². The third-order valence-corrected chi connectivity index (χ3v) is 6.97. The van der Waals surface area contributed by atoms with Gasteiger partial charge in [-0.1, -0.05) is 48.5 Å². The second-order valence-corrected chi connectivity index (χ2v) is 9.28.